The Hall–Kier alpha value is -1.62. The monoisotopic (exact) mass is 283 g/mol. The van der Waals surface area contributed by atoms with Gasteiger partial charge in [0, 0.05) is 12.5 Å². The van der Waals surface area contributed by atoms with Crippen LogP contribution in [0.25, 0.3) is 0 Å². The van der Waals surface area contributed by atoms with Crippen molar-refractivity contribution in [2.24, 2.45) is 0 Å². The Morgan fingerprint density at radius 2 is 2.20 bits per heavy atom. The molecule has 0 fully saturated rings. The summed E-state index contributed by atoms with van der Waals surface area (Å²) in [5.41, 5.74) is -0.206. The zero-order valence-corrected chi connectivity index (χ0v) is 12.2. The highest BCUT2D eigenvalue weighted by Gasteiger charge is 2.32. The largest absolute Gasteiger partial charge is 0.493 e. The maximum atomic E-state index is 13.1. The number of halogens is 1. The molecule has 1 aromatic rings. The lowest BCUT2D eigenvalue weighted by Gasteiger charge is -2.26. The fourth-order valence-electron chi connectivity index (χ4n) is 1.77. The van der Waals surface area contributed by atoms with Crippen LogP contribution in [0, 0.1) is 12.7 Å². The first-order valence-corrected chi connectivity index (χ1v) is 6.76. The number of carboxylic acid groups (broad SMARTS) is 1. The summed E-state index contributed by atoms with van der Waals surface area (Å²) in [4.78, 5) is 11.3. The van der Waals surface area contributed by atoms with Crippen molar-refractivity contribution in [3.63, 3.8) is 0 Å². The maximum absolute atomic E-state index is 13.1. The van der Waals surface area contributed by atoms with Gasteiger partial charge < -0.3 is 15.2 Å². The van der Waals surface area contributed by atoms with Gasteiger partial charge in [-0.3, -0.25) is 4.79 Å². The SMILES string of the molecule is CCCNC(C)(CCOc1cc(F)ccc1C)C(=O)O. The number of carboxylic acids is 1. The highest BCUT2D eigenvalue weighted by molar-refractivity contribution is 5.78. The van der Waals surface area contributed by atoms with Gasteiger partial charge in [-0.25, -0.2) is 4.39 Å². The zero-order valence-electron chi connectivity index (χ0n) is 12.2. The lowest BCUT2D eigenvalue weighted by molar-refractivity contribution is -0.144. The summed E-state index contributed by atoms with van der Waals surface area (Å²) in [7, 11) is 0. The first-order chi connectivity index (χ1) is 9.39. The van der Waals surface area contributed by atoms with Crippen LogP contribution in [0.3, 0.4) is 0 Å². The number of hydrogen-bond acceptors (Lipinski definition) is 3. The van der Waals surface area contributed by atoms with Crippen LogP contribution in [0.2, 0.25) is 0 Å². The molecule has 0 saturated carbocycles. The molecular formula is C15H22FNO3. The topological polar surface area (TPSA) is 58.6 Å². The van der Waals surface area contributed by atoms with E-state index in [2.05, 4.69) is 5.32 Å². The summed E-state index contributed by atoms with van der Waals surface area (Å²) >= 11 is 0. The predicted molar refractivity (Wildman–Crippen MR) is 75.6 cm³/mol. The molecule has 0 aliphatic rings. The second-order valence-corrected chi connectivity index (χ2v) is 5.07. The third kappa shape index (κ3) is 4.49. The van der Waals surface area contributed by atoms with Crippen molar-refractivity contribution in [1.29, 1.82) is 0 Å². The molecule has 4 nitrogen and oxygen atoms in total. The smallest absolute Gasteiger partial charge is 0.323 e. The number of ether oxygens (including phenoxy) is 1. The second kappa shape index (κ2) is 7.24. The Balaban J connectivity index is 2.60. The normalized spacial score (nSPS) is 13.8. The van der Waals surface area contributed by atoms with Gasteiger partial charge in [0.1, 0.15) is 17.1 Å². The molecule has 1 aromatic carbocycles. The molecule has 1 unspecified atom stereocenters. The summed E-state index contributed by atoms with van der Waals surface area (Å²) in [6, 6.07) is 4.32. The number of benzene rings is 1. The van der Waals surface area contributed by atoms with Crippen LogP contribution >= 0.6 is 0 Å². The molecule has 0 saturated heterocycles. The minimum atomic E-state index is -1.03. The van der Waals surface area contributed by atoms with Crippen molar-refractivity contribution in [1.82, 2.24) is 5.32 Å². The van der Waals surface area contributed by atoms with E-state index in [0.29, 0.717) is 18.7 Å². The van der Waals surface area contributed by atoms with E-state index in [1.807, 2.05) is 13.8 Å². The summed E-state index contributed by atoms with van der Waals surface area (Å²) in [6.45, 7) is 6.26. The Bertz CT molecular complexity index is 464. The van der Waals surface area contributed by atoms with E-state index in [-0.39, 0.29) is 12.4 Å². The molecule has 2 N–H and O–H groups in total. The number of nitrogens with one attached hydrogen (secondary N) is 1. The van der Waals surface area contributed by atoms with Gasteiger partial charge in [0.15, 0.2) is 0 Å². The molecule has 0 bridgehead atoms. The molecule has 0 aromatic heterocycles. The van der Waals surface area contributed by atoms with Crippen LogP contribution in [0.1, 0.15) is 32.3 Å². The molecule has 5 heteroatoms. The van der Waals surface area contributed by atoms with E-state index < -0.39 is 11.5 Å². The summed E-state index contributed by atoms with van der Waals surface area (Å²) in [5.74, 6) is -0.825. The van der Waals surface area contributed by atoms with Gasteiger partial charge in [0.2, 0.25) is 0 Å². The summed E-state index contributed by atoms with van der Waals surface area (Å²) in [6.07, 6.45) is 1.16. The first kappa shape index (κ1) is 16.4. The fraction of sp³-hybridized carbons (Fsp3) is 0.533. The second-order valence-electron chi connectivity index (χ2n) is 5.07. The molecule has 0 heterocycles. The van der Waals surface area contributed by atoms with E-state index in [0.717, 1.165) is 12.0 Å². The van der Waals surface area contributed by atoms with Crippen molar-refractivity contribution >= 4 is 5.97 Å². The van der Waals surface area contributed by atoms with Crippen molar-refractivity contribution < 1.29 is 19.0 Å². The predicted octanol–water partition coefficient (Wildman–Crippen LogP) is 2.75. The van der Waals surface area contributed by atoms with Crippen LogP contribution in [0.15, 0.2) is 18.2 Å². The Labute approximate surface area is 119 Å². The average Bonchev–Trinajstić information content (AvgIpc) is 2.40. The summed E-state index contributed by atoms with van der Waals surface area (Å²) < 4.78 is 18.6. The molecule has 20 heavy (non-hydrogen) atoms. The number of hydrogen-bond donors (Lipinski definition) is 2. The Morgan fingerprint density at radius 1 is 1.50 bits per heavy atom. The molecule has 0 spiro atoms. The Morgan fingerprint density at radius 3 is 2.80 bits per heavy atom. The quantitative estimate of drug-likeness (QED) is 0.770. The molecular weight excluding hydrogens is 261 g/mol. The Kier molecular flexibility index (Phi) is 5.95. The molecule has 1 rings (SSSR count). The van der Waals surface area contributed by atoms with Gasteiger partial charge >= 0.3 is 5.97 Å². The third-order valence-corrected chi connectivity index (χ3v) is 3.25. The lowest BCUT2D eigenvalue weighted by atomic mass is 9.98. The third-order valence-electron chi connectivity index (χ3n) is 3.25. The van der Waals surface area contributed by atoms with Crippen molar-refractivity contribution in [2.75, 3.05) is 13.2 Å². The minimum Gasteiger partial charge on any atom is -0.493 e. The molecule has 0 aliphatic carbocycles. The van der Waals surface area contributed by atoms with E-state index in [1.165, 1.54) is 12.1 Å². The van der Waals surface area contributed by atoms with E-state index >= 15 is 0 Å². The number of carbonyl (C=O) groups is 1. The average molecular weight is 283 g/mol. The van der Waals surface area contributed by atoms with Gasteiger partial charge in [-0.1, -0.05) is 13.0 Å². The maximum Gasteiger partial charge on any atom is 0.323 e. The van der Waals surface area contributed by atoms with Crippen LogP contribution in [0.4, 0.5) is 4.39 Å². The van der Waals surface area contributed by atoms with Crippen LogP contribution in [0.5, 0.6) is 5.75 Å². The zero-order chi connectivity index (χ0) is 15.2. The van der Waals surface area contributed by atoms with Gasteiger partial charge in [-0.05, 0) is 38.4 Å². The standard InChI is InChI=1S/C15H22FNO3/c1-4-8-17-15(3,14(18)19)7-9-20-13-10-12(16)6-5-11(13)2/h5-6,10,17H,4,7-9H2,1-3H3,(H,18,19). The lowest BCUT2D eigenvalue weighted by Crippen LogP contribution is -2.50. The molecule has 112 valence electrons. The fourth-order valence-corrected chi connectivity index (χ4v) is 1.77. The van der Waals surface area contributed by atoms with Gasteiger partial charge in [0.25, 0.3) is 0 Å². The van der Waals surface area contributed by atoms with Crippen molar-refractivity contribution in [3.05, 3.63) is 29.6 Å². The number of aliphatic carboxylic acids is 1. The van der Waals surface area contributed by atoms with E-state index in [9.17, 15) is 14.3 Å². The molecule has 0 amide bonds. The van der Waals surface area contributed by atoms with Crippen molar-refractivity contribution in [2.45, 2.75) is 39.2 Å². The highest BCUT2D eigenvalue weighted by atomic mass is 19.1. The van der Waals surface area contributed by atoms with Crippen LogP contribution in [-0.2, 0) is 4.79 Å². The number of aryl methyl sites for hydroxylation is 1. The van der Waals surface area contributed by atoms with Gasteiger partial charge in [0.05, 0.1) is 6.61 Å². The molecule has 1 atom stereocenters. The van der Waals surface area contributed by atoms with E-state index in [1.54, 1.807) is 13.0 Å². The first-order valence-electron chi connectivity index (χ1n) is 6.76. The number of rotatable bonds is 8. The molecule has 0 radical (unpaired) electrons. The van der Waals surface area contributed by atoms with Gasteiger partial charge in [-0.2, -0.15) is 0 Å². The van der Waals surface area contributed by atoms with E-state index in [4.69, 9.17) is 4.74 Å². The summed E-state index contributed by atoms with van der Waals surface area (Å²) in [5, 5.41) is 12.3. The van der Waals surface area contributed by atoms with Crippen LogP contribution < -0.4 is 10.1 Å². The highest BCUT2D eigenvalue weighted by Crippen LogP contribution is 2.20. The van der Waals surface area contributed by atoms with Crippen LogP contribution in [-0.4, -0.2) is 29.8 Å². The minimum absolute atomic E-state index is 0.212. The van der Waals surface area contributed by atoms with Crippen molar-refractivity contribution in [3.8, 4) is 5.75 Å². The van der Waals surface area contributed by atoms with Gasteiger partial charge in [-0.15, -0.1) is 0 Å². The molecule has 0 aliphatic heterocycles.